The quantitative estimate of drug-likeness (QED) is 0.726. The molecule has 3 aromatic rings. The van der Waals surface area contributed by atoms with E-state index in [1.165, 1.54) is 0 Å². The second-order valence-electron chi connectivity index (χ2n) is 5.03. The molecule has 1 heterocycles. The maximum absolute atomic E-state index is 12.2. The Balaban J connectivity index is 2.06. The van der Waals surface area contributed by atoms with Gasteiger partial charge >= 0.3 is 0 Å². The predicted molar refractivity (Wildman–Crippen MR) is 93.2 cm³/mol. The van der Waals surface area contributed by atoms with Gasteiger partial charge in [-0.1, -0.05) is 18.1 Å². The lowest BCUT2D eigenvalue weighted by atomic mass is 10.1. The number of terminal acetylenes is 1. The lowest BCUT2D eigenvalue weighted by Gasteiger charge is -2.11. The van der Waals surface area contributed by atoms with Crippen LogP contribution in [0.5, 0.6) is 11.5 Å². The van der Waals surface area contributed by atoms with E-state index in [2.05, 4.69) is 15.9 Å². The van der Waals surface area contributed by atoms with Crippen LogP contribution < -0.4 is 15.0 Å². The molecule has 0 bridgehead atoms. The molecular formula is C19H13N3O3. The van der Waals surface area contributed by atoms with E-state index in [4.69, 9.17) is 21.2 Å². The standard InChI is InChI=1S/C19H13N3O3/c1-2-10-24-16-8-7-13(12-17(16)25-11-9-20)18-21-15-6-4-3-5-14(15)19(23)22-18/h1,3-8,12H,10-11H2,(H,21,22,23). The molecule has 0 amide bonds. The highest BCUT2D eigenvalue weighted by Crippen LogP contribution is 2.31. The van der Waals surface area contributed by atoms with Crippen LogP contribution in [0.1, 0.15) is 0 Å². The van der Waals surface area contributed by atoms with Crippen LogP contribution in [0.2, 0.25) is 0 Å². The molecule has 2 aromatic carbocycles. The summed E-state index contributed by atoms with van der Waals surface area (Å²) < 4.78 is 10.8. The van der Waals surface area contributed by atoms with Crippen molar-refractivity contribution < 1.29 is 9.47 Å². The van der Waals surface area contributed by atoms with Crippen molar-refractivity contribution >= 4 is 10.9 Å². The number of aromatic amines is 1. The topological polar surface area (TPSA) is 88.0 Å². The molecule has 0 fully saturated rings. The van der Waals surface area contributed by atoms with E-state index in [9.17, 15) is 4.79 Å². The molecule has 3 rings (SSSR count). The van der Waals surface area contributed by atoms with Gasteiger partial charge in [0.1, 0.15) is 18.5 Å². The van der Waals surface area contributed by atoms with Crippen molar-refractivity contribution in [1.29, 1.82) is 5.26 Å². The molecule has 6 nitrogen and oxygen atoms in total. The number of nitriles is 1. The van der Waals surface area contributed by atoms with Gasteiger partial charge in [0.2, 0.25) is 0 Å². The largest absolute Gasteiger partial charge is 0.477 e. The Kier molecular flexibility index (Phi) is 4.64. The van der Waals surface area contributed by atoms with Crippen LogP contribution in [0.15, 0.2) is 47.3 Å². The van der Waals surface area contributed by atoms with Gasteiger partial charge in [0, 0.05) is 5.56 Å². The zero-order chi connectivity index (χ0) is 17.6. The van der Waals surface area contributed by atoms with Crippen LogP contribution in [0.4, 0.5) is 0 Å². The van der Waals surface area contributed by atoms with Gasteiger partial charge < -0.3 is 14.5 Å². The number of hydrogen-bond acceptors (Lipinski definition) is 5. The first kappa shape index (κ1) is 16.1. The van der Waals surface area contributed by atoms with Crippen molar-refractivity contribution in [2.45, 2.75) is 0 Å². The molecule has 122 valence electrons. The van der Waals surface area contributed by atoms with Crippen molar-refractivity contribution in [2.75, 3.05) is 13.2 Å². The molecule has 0 radical (unpaired) electrons. The monoisotopic (exact) mass is 331 g/mol. The van der Waals surface area contributed by atoms with Gasteiger partial charge in [-0.05, 0) is 30.3 Å². The first-order valence-electron chi connectivity index (χ1n) is 7.42. The fourth-order valence-electron chi connectivity index (χ4n) is 2.34. The highest BCUT2D eigenvalue weighted by molar-refractivity contribution is 5.79. The zero-order valence-corrected chi connectivity index (χ0v) is 13.2. The number of benzene rings is 2. The van der Waals surface area contributed by atoms with E-state index < -0.39 is 0 Å². The van der Waals surface area contributed by atoms with Crippen LogP contribution in [-0.2, 0) is 0 Å². The minimum absolute atomic E-state index is 0.0767. The summed E-state index contributed by atoms with van der Waals surface area (Å²) in [6.45, 7) is -0.0646. The summed E-state index contributed by atoms with van der Waals surface area (Å²) in [7, 11) is 0. The van der Waals surface area contributed by atoms with Gasteiger partial charge in [0.25, 0.3) is 5.56 Å². The summed E-state index contributed by atoms with van der Waals surface area (Å²) in [6, 6.07) is 14.0. The van der Waals surface area contributed by atoms with Gasteiger partial charge in [-0.2, -0.15) is 5.26 Å². The maximum Gasteiger partial charge on any atom is 0.259 e. The van der Waals surface area contributed by atoms with Crippen molar-refractivity contribution in [1.82, 2.24) is 9.97 Å². The lowest BCUT2D eigenvalue weighted by Crippen LogP contribution is -2.09. The number of rotatable bonds is 5. The normalized spacial score (nSPS) is 10.0. The molecule has 0 saturated heterocycles. The van der Waals surface area contributed by atoms with Crippen LogP contribution in [0.3, 0.4) is 0 Å². The Bertz CT molecular complexity index is 1060. The van der Waals surface area contributed by atoms with Crippen molar-refractivity contribution in [3.63, 3.8) is 0 Å². The first-order valence-corrected chi connectivity index (χ1v) is 7.42. The second-order valence-corrected chi connectivity index (χ2v) is 5.03. The molecule has 1 N–H and O–H groups in total. The summed E-state index contributed by atoms with van der Waals surface area (Å²) in [5.74, 6) is 3.54. The molecule has 0 aliphatic rings. The van der Waals surface area contributed by atoms with Crippen molar-refractivity contribution in [3.8, 4) is 41.3 Å². The van der Waals surface area contributed by atoms with Crippen LogP contribution >= 0.6 is 0 Å². The van der Waals surface area contributed by atoms with E-state index in [1.807, 2.05) is 12.1 Å². The maximum atomic E-state index is 12.2. The highest BCUT2D eigenvalue weighted by Gasteiger charge is 2.11. The molecule has 6 heteroatoms. The third kappa shape index (κ3) is 3.44. The number of nitrogens with one attached hydrogen (secondary N) is 1. The van der Waals surface area contributed by atoms with Gasteiger partial charge in [-0.25, -0.2) is 4.98 Å². The smallest absolute Gasteiger partial charge is 0.259 e. The average Bonchev–Trinajstić information content (AvgIpc) is 2.65. The van der Waals surface area contributed by atoms with Crippen LogP contribution in [-0.4, -0.2) is 23.2 Å². The Morgan fingerprint density at radius 2 is 1.92 bits per heavy atom. The Labute approximate surface area is 143 Å². The third-order valence-corrected chi connectivity index (χ3v) is 3.43. The number of nitrogens with zero attached hydrogens (tertiary/aromatic N) is 2. The summed E-state index contributed by atoms with van der Waals surface area (Å²) in [6.07, 6.45) is 5.20. The minimum atomic E-state index is -0.229. The van der Waals surface area contributed by atoms with Crippen LogP contribution in [0, 0.1) is 23.7 Å². The number of aromatic nitrogens is 2. The number of H-pyrrole nitrogens is 1. The van der Waals surface area contributed by atoms with Gasteiger partial charge in [0.15, 0.2) is 18.1 Å². The molecule has 0 saturated carbocycles. The molecule has 0 atom stereocenters. The van der Waals surface area contributed by atoms with Crippen molar-refractivity contribution in [2.24, 2.45) is 0 Å². The summed E-state index contributed by atoms with van der Waals surface area (Å²) in [5.41, 5.74) is 0.991. The fourth-order valence-corrected chi connectivity index (χ4v) is 2.34. The van der Waals surface area contributed by atoms with E-state index in [0.29, 0.717) is 33.8 Å². The van der Waals surface area contributed by atoms with E-state index >= 15 is 0 Å². The zero-order valence-electron chi connectivity index (χ0n) is 13.2. The molecule has 0 spiro atoms. The van der Waals surface area contributed by atoms with Gasteiger partial charge in [-0.3, -0.25) is 4.79 Å². The molecular weight excluding hydrogens is 318 g/mol. The minimum Gasteiger partial charge on any atom is -0.477 e. The van der Waals surface area contributed by atoms with Gasteiger partial charge in [-0.15, -0.1) is 6.42 Å². The van der Waals surface area contributed by atoms with E-state index in [-0.39, 0.29) is 18.8 Å². The first-order chi connectivity index (χ1) is 12.2. The SMILES string of the molecule is C#CCOc1ccc(-c2nc3ccccc3c(=O)[nH]2)cc1OCC#N. The summed E-state index contributed by atoms with van der Waals surface area (Å²) in [5, 5.41) is 9.24. The van der Waals surface area contributed by atoms with Gasteiger partial charge in [0.05, 0.1) is 10.9 Å². The van der Waals surface area contributed by atoms with E-state index in [0.717, 1.165) is 0 Å². The second kappa shape index (κ2) is 7.20. The number of fused-ring (bicyclic) bond motifs is 1. The predicted octanol–water partition coefficient (Wildman–Crippen LogP) is 2.50. The Morgan fingerprint density at radius 3 is 2.72 bits per heavy atom. The molecule has 25 heavy (non-hydrogen) atoms. The number of ether oxygens (including phenoxy) is 2. The molecule has 0 aliphatic carbocycles. The van der Waals surface area contributed by atoms with Crippen LogP contribution in [0.25, 0.3) is 22.3 Å². The van der Waals surface area contributed by atoms with E-state index in [1.54, 1.807) is 36.4 Å². The molecule has 1 aromatic heterocycles. The Hall–Kier alpha value is -3.77. The number of hydrogen-bond donors (Lipinski definition) is 1. The third-order valence-electron chi connectivity index (χ3n) is 3.43. The van der Waals surface area contributed by atoms with Crippen molar-refractivity contribution in [3.05, 3.63) is 52.8 Å². The molecule has 0 unspecified atom stereocenters. The average molecular weight is 331 g/mol. The Morgan fingerprint density at radius 1 is 1.12 bits per heavy atom. The molecule has 0 aliphatic heterocycles. The summed E-state index contributed by atoms with van der Waals surface area (Å²) >= 11 is 0. The lowest BCUT2D eigenvalue weighted by molar-refractivity contribution is 0.314. The number of para-hydroxylation sites is 1. The fraction of sp³-hybridized carbons (Fsp3) is 0.105. The highest BCUT2D eigenvalue weighted by atomic mass is 16.5. The summed E-state index contributed by atoms with van der Waals surface area (Å²) in [4.78, 5) is 19.4.